The number of carboxylic acid groups (broad SMARTS) is 1. The van der Waals surface area contributed by atoms with E-state index in [0.717, 1.165) is 6.07 Å². The lowest BCUT2D eigenvalue weighted by Gasteiger charge is -2.27. The minimum atomic E-state index is -3.79. The second-order valence-corrected chi connectivity index (χ2v) is 7.23. The summed E-state index contributed by atoms with van der Waals surface area (Å²) in [6.45, 7) is 8.90. The van der Waals surface area contributed by atoms with Gasteiger partial charge in [-0.3, -0.25) is 0 Å². The lowest BCUT2D eigenvalue weighted by molar-refractivity contribution is 0.0661. The van der Waals surface area contributed by atoms with Gasteiger partial charge in [-0.2, -0.15) is 0 Å². The van der Waals surface area contributed by atoms with Crippen LogP contribution in [0, 0.1) is 12.3 Å². The first kappa shape index (κ1) is 15.7. The molecule has 0 aliphatic carbocycles. The average Bonchev–Trinajstić information content (AvgIpc) is 2.59. The summed E-state index contributed by atoms with van der Waals surface area (Å²) < 4.78 is 31.8. The van der Waals surface area contributed by atoms with Crippen LogP contribution < -0.4 is 4.72 Å². The summed E-state index contributed by atoms with van der Waals surface area (Å²) >= 11 is 0. The Balaban J connectivity index is 3.11. The maximum absolute atomic E-state index is 12.2. The summed E-state index contributed by atoms with van der Waals surface area (Å²) in [5, 5.41) is 8.79. The molecule has 0 aromatic carbocycles. The molecule has 2 N–H and O–H groups in total. The predicted octanol–water partition coefficient (Wildman–Crippen LogP) is 2.00. The molecule has 0 spiro atoms. The van der Waals surface area contributed by atoms with E-state index >= 15 is 0 Å². The summed E-state index contributed by atoms with van der Waals surface area (Å²) in [6.07, 6.45) is 0. The summed E-state index contributed by atoms with van der Waals surface area (Å²) in [6, 6.07) is 0.718. The van der Waals surface area contributed by atoms with Gasteiger partial charge in [0.1, 0.15) is 10.7 Å². The zero-order valence-electron chi connectivity index (χ0n) is 11.6. The number of carboxylic acids is 1. The Labute approximate surface area is 112 Å². The fourth-order valence-electron chi connectivity index (χ4n) is 1.31. The fourth-order valence-corrected chi connectivity index (χ4v) is 2.94. The molecule has 0 amide bonds. The van der Waals surface area contributed by atoms with Crippen LogP contribution in [0.2, 0.25) is 0 Å². The normalized spacial score (nSPS) is 14.4. The Morgan fingerprint density at radius 1 is 1.42 bits per heavy atom. The molecule has 0 fully saturated rings. The number of aromatic carboxylic acids is 1. The van der Waals surface area contributed by atoms with E-state index < -0.39 is 16.0 Å². The molecule has 1 aromatic rings. The summed E-state index contributed by atoms with van der Waals surface area (Å²) in [5.74, 6) is -1.62. The van der Waals surface area contributed by atoms with Crippen molar-refractivity contribution in [2.24, 2.45) is 5.41 Å². The lowest BCUT2D eigenvalue weighted by Crippen LogP contribution is -2.41. The number of hydrogen-bond donors (Lipinski definition) is 2. The molecule has 1 atom stereocenters. The Morgan fingerprint density at radius 2 is 1.95 bits per heavy atom. The van der Waals surface area contributed by atoms with Crippen LogP contribution in [0.15, 0.2) is 15.4 Å². The molecule has 1 unspecified atom stereocenters. The van der Waals surface area contributed by atoms with Crippen LogP contribution in [0.3, 0.4) is 0 Å². The maximum Gasteiger partial charge on any atom is 0.371 e. The number of rotatable bonds is 4. The van der Waals surface area contributed by atoms with Crippen LogP contribution in [-0.2, 0) is 10.0 Å². The van der Waals surface area contributed by atoms with Crippen LogP contribution in [0.4, 0.5) is 0 Å². The van der Waals surface area contributed by atoms with Crippen molar-refractivity contribution in [2.75, 3.05) is 0 Å². The van der Waals surface area contributed by atoms with E-state index in [1.807, 2.05) is 20.8 Å². The Kier molecular flexibility index (Phi) is 4.11. The molecule has 0 radical (unpaired) electrons. The van der Waals surface area contributed by atoms with Crippen molar-refractivity contribution in [3.8, 4) is 0 Å². The van der Waals surface area contributed by atoms with E-state index in [0.29, 0.717) is 0 Å². The first-order valence-electron chi connectivity index (χ1n) is 5.81. The number of carbonyl (C=O) groups is 1. The molecule has 19 heavy (non-hydrogen) atoms. The molecule has 0 saturated heterocycles. The Morgan fingerprint density at radius 3 is 2.32 bits per heavy atom. The summed E-state index contributed by atoms with van der Waals surface area (Å²) in [7, 11) is -3.79. The standard InChI is InChI=1S/C12H19NO5S/c1-7-10(6-9(18-7)11(14)15)19(16,17)13-8(2)12(3,4)5/h6,8,13H,1-5H3,(H,14,15). The molecule has 1 rings (SSSR count). The van der Waals surface area contributed by atoms with Crippen LogP contribution in [0.5, 0.6) is 0 Å². The van der Waals surface area contributed by atoms with Gasteiger partial charge in [0.2, 0.25) is 15.8 Å². The van der Waals surface area contributed by atoms with Crippen molar-refractivity contribution in [1.82, 2.24) is 4.72 Å². The molecule has 0 saturated carbocycles. The third kappa shape index (κ3) is 3.57. The number of sulfonamides is 1. The molecule has 6 nitrogen and oxygen atoms in total. The van der Waals surface area contributed by atoms with Crippen molar-refractivity contribution >= 4 is 16.0 Å². The third-order valence-electron chi connectivity index (χ3n) is 3.00. The molecular formula is C12H19NO5S. The largest absolute Gasteiger partial charge is 0.475 e. The van der Waals surface area contributed by atoms with Gasteiger partial charge in [0.25, 0.3) is 0 Å². The monoisotopic (exact) mass is 289 g/mol. The van der Waals surface area contributed by atoms with Crippen LogP contribution >= 0.6 is 0 Å². The molecule has 1 aromatic heterocycles. The molecule has 0 aliphatic rings. The number of hydrogen-bond acceptors (Lipinski definition) is 4. The highest BCUT2D eigenvalue weighted by Crippen LogP contribution is 2.24. The minimum Gasteiger partial charge on any atom is -0.475 e. The van der Waals surface area contributed by atoms with Crippen molar-refractivity contribution in [1.29, 1.82) is 0 Å². The van der Waals surface area contributed by atoms with Gasteiger partial charge in [-0.1, -0.05) is 20.8 Å². The van der Waals surface area contributed by atoms with E-state index in [9.17, 15) is 13.2 Å². The zero-order valence-corrected chi connectivity index (χ0v) is 12.5. The zero-order chi connectivity index (χ0) is 15.0. The van der Waals surface area contributed by atoms with Gasteiger partial charge < -0.3 is 9.52 Å². The third-order valence-corrected chi connectivity index (χ3v) is 4.65. The number of nitrogens with one attached hydrogen (secondary N) is 1. The second-order valence-electron chi connectivity index (χ2n) is 5.55. The lowest BCUT2D eigenvalue weighted by atomic mass is 9.89. The molecule has 7 heteroatoms. The van der Waals surface area contributed by atoms with E-state index in [2.05, 4.69) is 4.72 Å². The molecule has 0 aliphatic heterocycles. The highest BCUT2D eigenvalue weighted by atomic mass is 32.2. The van der Waals surface area contributed by atoms with E-state index in [4.69, 9.17) is 9.52 Å². The van der Waals surface area contributed by atoms with Crippen LogP contribution in [0.25, 0.3) is 0 Å². The van der Waals surface area contributed by atoms with E-state index in [1.165, 1.54) is 6.92 Å². The van der Waals surface area contributed by atoms with Gasteiger partial charge in [-0.25, -0.2) is 17.9 Å². The van der Waals surface area contributed by atoms with Crippen molar-refractivity contribution in [3.63, 3.8) is 0 Å². The summed E-state index contributed by atoms with van der Waals surface area (Å²) in [5.41, 5.74) is -0.250. The highest BCUT2D eigenvalue weighted by molar-refractivity contribution is 7.89. The average molecular weight is 289 g/mol. The maximum atomic E-state index is 12.2. The van der Waals surface area contributed by atoms with Crippen LogP contribution in [-0.4, -0.2) is 25.5 Å². The van der Waals surface area contributed by atoms with Crippen molar-refractivity contribution in [3.05, 3.63) is 17.6 Å². The Bertz CT molecular complexity index is 580. The van der Waals surface area contributed by atoms with E-state index in [1.54, 1.807) is 6.92 Å². The summed E-state index contributed by atoms with van der Waals surface area (Å²) in [4.78, 5) is 10.6. The first-order chi connectivity index (χ1) is 8.45. The predicted molar refractivity (Wildman–Crippen MR) is 69.6 cm³/mol. The topological polar surface area (TPSA) is 96.6 Å². The van der Waals surface area contributed by atoms with Crippen LogP contribution in [0.1, 0.15) is 44.0 Å². The minimum absolute atomic E-state index is 0.0611. The van der Waals surface area contributed by atoms with Crippen molar-refractivity contribution in [2.45, 2.75) is 45.6 Å². The van der Waals surface area contributed by atoms with Gasteiger partial charge in [0, 0.05) is 12.1 Å². The van der Waals surface area contributed by atoms with Gasteiger partial charge in [-0.15, -0.1) is 0 Å². The Hall–Kier alpha value is -1.34. The van der Waals surface area contributed by atoms with E-state index in [-0.39, 0.29) is 27.9 Å². The highest BCUT2D eigenvalue weighted by Gasteiger charge is 2.29. The molecular weight excluding hydrogens is 270 g/mol. The van der Waals surface area contributed by atoms with Gasteiger partial charge in [0.05, 0.1) is 0 Å². The molecule has 0 bridgehead atoms. The molecule has 108 valence electrons. The second kappa shape index (κ2) is 4.97. The SMILES string of the molecule is Cc1oc(C(=O)O)cc1S(=O)(=O)NC(C)C(C)(C)C. The first-order valence-corrected chi connectivity index (χ1v) is 7.29. The van der Waals surface area contributed by atoms with Crippen molar-refractivity contribution < 1.29 is 22.7 Å². The van der Waals surface area contributed by atoms with Gasteiger partial charge in [-0.05, 0) is 19.3 Å². The number of furan rings is 1. The van der Waals surface area contributed by atoms with Gasteiger partial charge >= 0.3 is 5.97 Å². The quantitative estimate of drug-likeness (QED) is 0.883. The smallest absolute Gasteiger partial charge is 0.371 e. The molecule has 1 heterocycles. The number of aryl methyl sites for hydroxylation is 1. The van der Waals surface area contributed by atoms with Gasteiger partial charge in [0.15, 0.2) is 0 Å². The fraction of sp³-hybridized carbons (Fsp3) is 0.583.